The van der Waals surface area contributed by atoms with Crippen molar-refractivity contribution in [3.63, 3.8) is 0 Å². The molecule has 0 atom stereocenters. The van der Waals surface area contributed by atoms with Crippen molar-refractivity contribution in [2.24, 2.45) is 5.10 Å². The van der Waals surface area contributed by atoms with Gasteiger partial charge in [-0.25, -0.2) is 4.83 Å². The van der Waals surface area contributed by atoms with Gasteiger partial charge in [0.1, 0.15) is 5.75 Å². The minimum absolute atomic E-state index is 0.148. The lowest BCUT2D eigenvalue weighted by Gasteiger charge is -2.13. The summed E-state index contributed by atoms with van der Waals surface area (Å²) in [7, 11) is -2.11. The number of hydrogen-bond acceptors (Lipinski definition) is 5. The summed E-state index contributed by atoms with van der Waals surface area (Å²) >= 11 is 0. The molecular weight excluding hydrogens is 268 g/mol. The maximum absolute atomic E-state index is 12.0. The minimum atomic E-state index is -3.63. The van der Waals surface area contributed by atoms with Crippen molar-refractivity contribution in [1.82, 2.24) is 4.83 Å². The Balaban J connectivity index is 2.08. The lowest BCUT2D eigenvalue weighted by Crippen LogP contribution is -2.24. The molecule has 1 aliphatic heterocycles. The number of methoxy groups -OCH3 is 1. The molecule has 19 heavy (non-hydrogen) atoms. The van der Waals surface area contributed by atoms with Crippen molar-refractivity contribution in [2.75, 3.05) is 20.3 Å². The van der Waals surface area contributed by atoms with E-state index >= 15 is 0 Å². The van der Waals surface area contributed by atoms with E-state index in [0.29, 0.717) is 24.7 Å². The van der Waals surface area contributed by atoms with Crippen LogP contribution in [0.25, 0.3) is 0 Å². The number of hydrazone groups is 1. The van der Waals surface area contributed by atoms with Gasteiger partial charge in [0, 0.05) is 6.61 Å². The maximum atomic E-state index is 12.0. The summed E-state index contributed by atoms with van der Waals surface area (Å²) in [6, 6.07) is 6.12. The molecule has 1 aliphatic rings. The van der Waals surface area contributed by atoms with Crippen LogP contribution in [0.5, 0.6) is 5.75 Å². The largest absolute Gasteiger partial charge is 0.497 e. The molecule has 1 aromatic rings. The summed E-state index contributed by atoms with van der Waals surface area (Å²) in [4.78, 5) is 2.37. The Bertz CT molecular complexity index is 544. The van der Waals surface area contributed by atoms with Crippen LogP contribution in [0, 0.1) is 0 Å². The van der Waals surface area contributed by atoms with Gasteiger partial charge in [0.15, 0.2) is 0 Å². The second-order valence-electron chi connectivity index (χ2n) is 4.10. The van der Waals surface area contributed by atoms with E-state index in [2.05, 4.69) is 9.93 Å². The molecule has 0 unspecified atom stereocenters. The van der Waals surface area contributed by atoms with E-state index in [0.717, 1.165) is 12.8 Å². The van der Waals surface area contributed by atoms with Crippen LogP contribution in [-0.4, -0.2) is 34.5 Å². The van der Waals surface area contributed by atoms with Gasteiger partial charge < -0.3 is 9.47 Å². The first-order valence-corrected chi connectivity index (χ1v) is 7.39. The van der Waals surface area contributed by atoms with Gasteiger partial charge in [0.25, 0.3) is 10.0 Å². The second kappa shape index (κ2) is 6.03. The Morgan fingerprint density at radius 3 is 2.63 bits per heavy atom. The molecule has 0 amide bonds. The SMILES string of the molecule is COc1ccc(S(=O)(=O)N/N=C2\CCCOC2)cc1. The highest BCUT2D eigenvalue weighted by Gasteiger charge is 2.14. The number of hydrogen-bond donors (Lipinski definition) is 1. The van der Waals surface area contributed by atoms with Gasteiger partial charge in [-0.2, -0.15) is 13.5 Å². The van der Waals surface area contributed by atoms with Gasteiger partial charge in [-0.1, -0.05) is 0 Å². The third-order valence-corrected chi connectivity index (χ3v) is 3.94. The molecule has 0 aromatic heterocycles. The molecule has 1 fully saturated rings. The topological polar surface area (TPSA) is 77.0 Å². The van der Waals surface area contributed by atoms with E-state index in [9.17, 15) is 8.42 Å². The highest BCUT2D eigenvalue weighted by Crippen LogP contribution is 2.15. The zero-order valence-electron chi connectivity index (χ0n) is 10.6. The van der Waals surface area contributed by atoms with Crippen LogP contribution in [0.3, 0.4) is 0 Å². The average Bonchev–Trinajstić information content (AvgIpc) is 2.46. The molecule has 104 valence electrons. The predicted molar refractivity (Wildman–Crippen MR) is 70.8 cm³/mol. The van der Waals surface area contributed by atoms with Crippen molar-refractivity contribution in [3.05, 3.63) is 24.3 Å². The molecular formula is C12H16N2O4S. The van der Waals surface area contributed by atoms with Gasteiger partial charge in [0.2, 0.25) is 0 Å². The molecule has 1 saturated heterocycles. The van der Waals surface area contributed by atoms with Crippen LogP contribution >= 0.6 is 0 Å². The van der Waals surface area contributed by atoms with E-state index in [4.69, 9.17) is 9.47 Å². The van der Waals surface area contributed by atoms with Gasteiger partial charge in [-0.15, -0.1) is 0 Å². The van der Waals surface area contributed by atoms with Crippen molar-refractivity contribution in [1.29, 1.82) is 0 Å². The van der Waals surface area contributed by atoms with Crippen molar-refractivity contribution < 1.29 is 17.9 Å². The van der Waals surface area contributed by atoms with Crippen LogP contribution in [0.4, 0.5) is 0 Å². The lowest BCUT2D eigenvalue weighted by molar-refractivity contribution is 0.154. The van der Waals surface area contributed by atoms with Crippen molar-refractivity contribution >= 4 is 15.7 Å². The number of nitrogens with zero attached hydrogens (tertiary/aromatic N) is 1. The van der Waals surface area contributed by atoms with Crippen LogP contribution in [0.2, 0.25) is 0 Å². The summed E-state index contributed by atoms with van der Waals surface area (Å²) in [6.07, 6.45) is 1.62. The van der Waals surface area contributed by atoms with E-state index in [-0.39, 0.29) is 4.90 Å². The minimum Gasteiger partial charge on any atom is -0.497 e. The van der Waals surface area contributed by atoms with E-state index < -0.39 is 10.0 Å². The zero-order chi connectivity index (χ0) is 13.7. The highest BCUT2D eigenvalue weighted by molar-refractivity contribution is 7.89. The molecule has 1 heterocycles. The molecule has 0 radical (unpaired) electrons. The van der Waals surface area contributed by atoms with Crippen LogP contribution < -0.4 is 9.57 Å². The predicted octanol–water partition coefficient (Wildman–Crippen LogP) is 1.14. The monoisotopic (exact) mass is 284 g/mol. The Morgan fingerprint density at radius 1 is 1.32 bits per heavy atom. The third-order valence-electron chi connectivity index (χ3n) is 2.72. The average molecular weight is 284 g/mol. The number of rotatable bonds is 4. The Kier molecular flexibility index (Phi) is 4.39. The maximum Gasteiger partial charge on any atom is 0.276 e. The van der Waals surface area contributed by atoms with Crippen LogP contribution in [-0.2, 0) is 14.8 Å². The van der Waals surface area contributed by atoms with Gasteiger partial charge in [0.05, 0.1) is 24.3 Å². The first kappa shape index (κ1) is 13.8. The molecule has 0 bridgehead atoms. The van der Waals surface area contributed by atoms with Gasteiger partial charge in [-0.05, 0) is 37.1 Å². The number of benzene rings is 1. The van der Waals surface area contributed by atoms with E-state index in [1.165, 1.54) is 19.2 Å². The molecule has 7 heteroatoms. The van der Waals surface area contributed by atoms with Crippen LogP contribution in [0.15, 0.2) is 34.3 Å². The summed E-state index contributed by atoms with van der Waals surface area (Å²) < 4.78 is 34.1. The Labute approximate surface area is 112 Å². The van der Waals surface area contributed by atoms with Gasteiger partial charge in [-0.3, -0.25) is 0 Å². The quantitative estimate of drug-likeness (QED) is 0.841. The van der Waals surface area contributed by atoms with E-state index in [1.54, 1.807) is 12.1 Å². The number of nitrogens with one attached hydrogen (secondary N) is 1. The summed E-state index contributed by atoms with van der Waals surface area (Å²) in [5.41, 5.74) is 0.711. The molecule has 0 aliphatic carbocycles. The molecule has 1 aromatic carbocycles. The second-order valence-corrected chi connectivity index (χ2v) is 5.77. The molecule has 6 nitrogen and oxygen atoms in total. The first-order valence-electron chi connectivity index (χ1n) is 5.91. The fourth-order valence-electron chi connectivity index (χ4n) is 1.66. The number of sulfonamides is 1. The normalized spacial score (nSPS) is 18.3. The molecule has 1 N–H and O–H groups in total. The number of ether oxygens (including phenoxy) is 2. The Morgan fingerprint density at radius 2 is 2.05 bits per heavy atom. The van der Waals surface area contributed by atoms with Crippen LogP contribution in [0.1, 0.15) is 12.8 Å². The summed E-state index contributed by atoms with van der Waals surface area (Å²) in [5, 5.41) is 3.90. The lowest BCUT2D eigenvalue weighted by atomic mass is 10.2. The molecule has 2 rings (SSSR count). The fourth-order valence-corrected chi connectivity index (χ4v) is 2.51. The van der Waals surface area contributed by atoms with Crippen molar-refractivity contribution in [3.8, 4) is 5.75 Å². The van der Waals surface area contributed by atoms with Gasteiger partial charge >= 0.3 is 0 Å². The smallest absolute Gasteiger partial charge is 0.276 e. The first-order chi connectivity index (χ1) is 9.12. The van der Waals surface area contributed by atoms with Crippen molar-refractivity contribution in [2.45, 2.75) is 17.7 Å². The van der Waals surface area contributed by atoms with E-state index in [1.807, 2.05) is 0 Å². The highest BCUT2D eigenvalue weighted by atomic mass is 32.2. The summed E-state index contributed by atoms with van der Waals surface area (Å²) in [6.45, 7) is 1.08. The summed E-state index contributed by atoms with van der Waals surface area (Å²) in [5.74, 6) is 0.603. The Hall–Kier alpha value is -1.60. The standard InChI is InChI=1S/C12H16N2O4S/c1-17-11-4-6-12(7-5-11)19(15,16)14-13-10-3-2-8-18-9-10/h4-7,14H,2-3,8-9H2,1H3/b13-10+. The molecule has 0 saturated carbocycles. The fraction of sp³-hybridized carbons (Fsp3) is 0.417. The molecule has 0 spiro atoms. The zero-order valence-corrected chi connectivity index (χ0v) is 11.4. The third kappa shape index (κ3) is 3.68.